The van der Waals surface area contributed by atoms with Gasteiger partial charge in [-0.25, -0.2) is 4.39 Å². The van der Waals surface area contributed by atoms with E-state index in [2.05, 4.69) is 4.90 Å². The lowest BCUT2D eigenvalue weighted by Crippen LogP contribution is -2.61. The van der Waals surface area contributed by atoms with Crippen LogP contribution in [0, 0.1) is 5.92 Å². The van der Waals surface area contributed by atoms with E-state index in [1.807, 2.05) is 6.92 Å². The molecule has 0 saturated carbocycles. The smallest absolute Gasteiger partial charge is 0.117 e. The van der Waals surface area contributed by atoms with Crippen molar-refractivity contribution in [1.82, 2.24) is 4.90 Å². The fraction of sp³-hybridized carbons (Fsp3) is 1.00. The van der Waals surface area contributed by atoms with Crippen molar-refractivity contribution in [2.24, 2.45) is 5.92 Å². The molecule has 2 heterocycles. The van der Waals surface area contributed by atoms with E-state index in [4.69, 9.17) is 4.74 Å². The summed E-state index contributed by atoms with van der Waals surface area (Å²) in [6.45, 7) is 4.36. The largest absolute Gasteiger partial charge is 0.383 e. The molecule has 0 aromatic rings. The van der Waals surface area contributed by atoms with E-state index in [1.54, 1.807) is 7.11 Å². The van der Waals surface area contributed by atoms with Gasteiger partial charge in [-0.15, -0.1) is 0 Å². The molecule has 3 atom stereocenters. The topological polar surface area (TPSA) is 12.5 Å². The molecule has 2 fully saturated rings. The lowest BCUT2D eigenvalue weighted by Gasteiger charge is -2.49. The summed E-state index contributed by atoms with van der Waals surface area (Å²) in [7, 11) is 1.70. The van der Waals surface area contributed by atoms with Gasteiger partial charge < -0.3 is 4.74 Å². The first kappa shape index (κ1) is 8.45. The maximum atomic E-state index is 13.3. The van der Waals surface area contributed by atoms with Crippen molar-refractivity contribution in [3.63, 3.8) is 0 Å². The summed E-state index contributed by atoms with van der Waals surface area (Å²) in [6.07, 6.45) is 0.449. The van der Waals surface area contributed by atoms with E-state index in [1.165, 1.54) is 0 Å². The van der Waals surface area contributed by atoms with E-state index >= 15 is 0 Å². The first-order valence-corrected chi connectivity index (χ1v) is 4.59. The molecular formula is C9H16FNO. The normalized spacial score (nSPS) is 47.2. The van der Waals surface area contributed by atoms with Crippen LogP contribution < -0.4 is 0 Å². The predicted molar refractivity (Wildman–Crippen MR) is 44.9 cm³/mol. The number of rotatable bonds is 2. The number of nitrogens with zero attached hydrogens (tertiary/aromatic N) is 1. The standard InChI is InChI=1S/C9H16FNO/c1-7-8(10)5-11-4-3-9(7,11)6-12-2/h7-8H,3-6H2,1-2H3/t7-,8-,9+/m1/s1. The lowest BCUT2D eigenvalue weighted by atomic mass is 9.78. The van der Waals surface area contributed by atoms with E-state index in [0.29, 0.717) is 13.2 Å². The van der Waals surface area contributed by atoms with Crippen LogP contribution in [0.15, 0.2) is 0 Å². The fourth-order valence-corrected chi connectivity index (χ4v) is 2.60. The highest BCUT2D eigenvalue weighted by atomic mass is 19.1. The second-order valence-electron chi connectivity index (χ2n) is 4.04. The Hall–Kier alpha value is -0.150. The van der Waals surface area contributed by atoms with Gasteiger partial charge in [-0.05, 0) is 6.42 Å². The first-order valence-electron chi connectivity index (χ1n) is 4.59. The third-order valence-electron chi connectivity index (χ3n) is 3.62. The Morgan fingerprint density at radius 2 is 2.42 bits per heavy atom. The second kappa shape index (κ2) is 2.67. The van der Waals surface area contributed by atoms with Crippen molar-refractivity contribution >= 4 is 0 Å². The van der Waals surface area contributed by atoms with Crippen LogP contribution in [0.1, 0.15) is 13.3 Å². The van der Waals surface area contributed by atoms with Crippen LogP contribution in [0.4, 0.5) is 4.39 Å². The molecular weight excluding hydrogens is 157 g/mol. The van der Waals surface area contributed by atoms with Crippen LogP contribution in [0.2, 0.25) is 0 Å². The molecule has 0 radical (unpaired) electrons. The monoisotopic (exact) mass is 173 g/mol. The van der Waals surface area contributed by atoms with E-state index in [0.717, 1.165) is 13.0 Å². The van der Waals surface area contributed by atoms with Crippen LogP contribution >= 0.6 is 0 Å². The highest BCUT2D eigenvalue weighted by Gasteiger charge is 2.57. The summed E-state index contributed by atoms with van der Waals surface area (Å²) in [6, 6.07) is 0. The summed E-state index contributed by atoms with van der Waals surface area (Å²) in [5.41, 5.74) is 0.0498. The third-order valence-corrected chi connectivity index (χ3v) is 3.62. The van der Waals surface area contributed by atoms with Gasteiger partial charge in [-0.2, -0.15) is 0 Å². The number of alkyl halides is 1. The van der Waals surface area contributed by atoms with Crippen molar-refractivity contribution in [1.29, 1.82) is 0 Å². The summed E-state index contributed by atoms with van der Waals surface area (Å²) in [4.78, 5) is 2.23. The Labute approximate surface area is 72.7 Å². The van der Waals surface area contributed by atoms with Gasteiger partial charge in [0.15, 0.2) is 0 Å². The number of hydrogen-bond donors (Lipinski definition) is 0. The first-order chi connectivity index (χ1) is 5.70. The molecule has 0 aromatic heterocycles. The average molecular weight is 173 g/mol. The summed E-state index contributed by atoms with van der Waals surface area (Å²) < 4.78 is 18.5. The molecule has 3 heteroatoms. The molecule has 2 rings (SSSR count). The molecule has 0 aromatic carbocycles. The molecule has 2 aliphatic heterocycles. The minimum Gasteiger partial charge on any atom is -0.383 e. The summed E-state index contributed by atoms with van der Waals surface area (Å²) in [5, 5.41) is 0. The Morgan fingerprint density at radius 3 is 2.83 bits per heavy atom. The molecule has 0 amide bonds. The van der Waals surface area contributed by atoms with Crippen LogP contribution in [-0.2, 0) is 4.74 Å². The summed E-state index contributed by atoms with van der Waals surface area (Å²) >= 11 is 0. The summed E-state index contributed by atoms with van der Waals surface area (Å²) in [5.74, 6) is 0.145. The molecule has 12 heavy (non-hydrogen) atoms. The van der Waals surface area contributed by atoms with Crippen molar-refractivity contribution in [2.45, 2.75) is 25.1 Å². The molecule has 0 N–H and O–H groups in total. The third kappa shape index (κ3) is 0.866. The fourth-order valence-electron chi connectivity index (χ4n) is 2.60. The van der Waals surface area contributed by atoms with Crippen LogP contribution in [0.25, 0.3) is 0 Å². The number of methoxy groups -OCH3 is 1. The maximum Gasteiger partial charge on any atom is 0.117 e. The van der Waals surface area contributed by atoms with Gasteiger partial charge in [0.1, 0.15) is 6.17 Å². The van der Waals surface area contributed by atoms with Crippen LogP contribution in [0.5, 0.6) is 0 Å². The Balaban J connectivity index is 2.12. The number of halogens is 1. The van der Waals surface area contributed by atoms with Crippen molar-refractivity contribution < 1.29 is 9.13 Å². The Morgan fingerprint density at radius 1 is 1.67 bits per heavy atom. The molecule has 0 aliphatic carbocycles. The lowest BCUT2D eigenvalue weighted by molar-refractivity contribution is -0.0561. The zero-order chi connectivity index (χ0) is 8.77. The predicted octanol–water partition coefficient (Wildman–Crippen LogP) is 1.07. The SMILES string of the molecule is COC[C@]12CCN1C[C@@H](F)[C@H]2C. The second-order valence-corrected chi connectivity index (χ2v) is 4.04. The highest BCUT2D eigenvalue weighted by molar-refractivity contribution is 5.10. The van der Waals surface area contributed by atoms with Gasteiger partial charge in [0.2, 0.25) is 0 Å². The van der Waals surface area contributed by atoms with Crippen LogP contribution in [-0.4, -0.2) is 43.4 Å². The number of hydrogen-bond acceptors (Lipinski definition) is 2. The van der Waals surface area contributed by atoms with Gasteiger partial charge >= 0.3 is 0 Å². The van der Waals surface area contributed by atoms with Gasteiger partial charge in [-0.1, -0.05) is 6.92 Å². The highest BCUT2D eigenvalue weighted by Crippen LogP contribution is 2.45. The van der Waals surface area contributed by atoms with Gasteiger partial charge in [0.05, 0.1) is 12.1 Å². The van der Waals surface area contributed by atoms with Gasteiger partial charge in [0.25, 0.3) is 0 Å². The zero-order valence-electron chi connectivity index (χ0n) is 7.72. The van der Waals surface area contributed by atoms with Crippen molar-refractivity contribution in [2.75, 3.05) is 26.8 Å². The number of ether oxygens (including phenoxy) is 1. The molecule has 2 saturated heterocycles. The average Bonchev–Trinajstić information content (AvgIpc) is 2.18. The minimum absolute atomic E-state index is 0.0498. The quantitative estimate of drug-likeness (QED) is 0.619. The Kier molecular flexibility index (Phi) is 1.88. The van der Waals surface area contributed by atoms with Gasteiger partial charge in [-0.3, -0.25) is 4.90 Å². The van der Waals surface area contributed by atoms with Crippen molar-refractivity contribution in [3.05, 3.63) is 0 Å². The molecule has 0 unspecified atom stereocenters. The van der Waals surface area contributed by atoms with E-state index in [9.17, 15) is 4.39 Å². The van der Waals surface area contributed by atoms with Gasteiger partial charge in [0, 0.05) is 26.1 Å². The maximum absolute atomic E-state index is 13.3. The molecule has 70 valence electrons. The molecule has 0 bridgehead atoms. The van der Waals surface area contributed by atoms with Crippen LogP contribution in [0.3, 0.4) is 0 Å². The molecule has 2 aliphatic rings. The Bertz CT molecular complexity index is 187. The molecule has 0 spiro atoms. The number of fused-ring (bicyclic) bond motifs is 1. The minimum atomic E-state index is -0.650. The van der Waals surface area contributed by atoms with Crippen molar-refractivity contribution in [3.8, 4) is 0 Å². The zero-order valence-corrected chi connectivity index (χ0v) is 7.72. The van der Waals surface area contributed by atoms with E-state index in [-0.39, 0.29) is 11.5 Å². The molecule has 2 nitrogen and oxygen atoms in total. The van der Waals surface area contributed by atoms with E-state index < -0.39 is 6.17 Å².